The van der Waals surface area contributed by atoms with E-state index in [9.17, 15) is 9.90 Å². The van der Waals surface area contributed by atoms with Crippen LogP contribution in [-0.4, -0.2) is 47.3 Å². The molecule has 0 radical (unpaired) electrons. The maximum atomic E-state index is 12.7. The van der Waals surface area contributed by atoms with E-state index in [4.69, 9.17) is 14.2 Å². The summed E-state index contributed by atoms with van der Waals surface area (Å²) in [7, 11) is 2.12. The molecule has 2 heterocycles. The molecule has 0 spiro atoms. The fraction of sp³-hybridized carbons (Fsp3) is 0.217. The molecule has 0 bridgehead atoms. The lowest BCUT2D eigenvalue weighted by atomic mass is 9.99. The van der Waals surface area contributed by atoms with Crippen molar-refractivity contribution in [3.63, 3.8) is 0 Å². The summed E-state index contributed by atoms with van der Waals surface area (Å²) in [6, 6.07) is 47.0. The molecule has 0 unspecified atom stereocenters. The Morgan fingerprint density at radius 1 is 0.782 bits per heavy atom. The molecule has 3 N–H and O–H groups in total. The molecule has 1 aromatic heterocycles. The lowest BCUT2D eigenvalue weighted by Gasteiger charge is -2.38. The highest BCUT2D eigenvalue weighted by Crippen LogP contribution is 2.38. The van der Waals surface area contributed by atoms with E-state index in [1.165, 1.54) is 0 Å². The van der Waals surface area contributed by atoms with Gasteiger partial charge in [0.25, 0.3) is 0 Å². The van der Waals surface area contributed by atoms with E-state index >= 15 is 0 Å². The monoisotopic (exact) mass is 734 g/mol. The van der Waals surface area contributed by atoms with Crippen molar-refractivity contribution in [3.05, 3.63) is 180 Å². The lowest BCUT2D eigenvalue weighted by molar-refractivity contribution is -0.252. The highest BCUT2D eigenvalue weighted by molar-refractivity contribution is 5.89. The second-order valence-corrected chi connectivity index (χ2v) is 13.8. The molecule has 0 saturated carbocycles. The van der Waals surface area contributed by atoms with Gasteiger partial charge in [-0.05, 0) is 89.5 Å². The van der Waals surface area contributed by atoms with Gasteiger partial charge in [0.1, 0.15) is 11.5 Å². The third kappa shape index (κ3) is 10.6. The summed E-state index contributed by atoms with van der Waals surface area (Å²) in [6.45, 7) is 2.00. The second-order valence-electron chi connectivity index (χ2n) is 13.8. The van der Waals surface area contributed by atoms with Crippen molar-refractivity contribution >= 4 is 11.7 Å². The number of nitrogens with one attached hydrogen (secondary N) is 2. The van der Waals surface area contributed by atoms with Gasteiger partial charge < -0.3 is 34.9 Å². The van der Waals surface area contributed by atoms with Gasteiger partial charge in [-0.25, -0.2) is 4.79 Å². The first-order valence-electron chi connectivity index (χ1n) is 18.6. The van der Waals surface area contributed by atoms with E-state index in [1.807, 2.05) is 109 Å². The van der Waals surface area contributed by atoms with Crippen molar-refractivity contribution in [3.8, 4) is 22.6 Å². The van der Waals surface area contributed by atoms with Crippen molar-refractivity contribution < 1.29 is 24.1 Å². The number of pyridine rings is 1. The van der Waals surface area contributed by atoms with E-state index in [0.717, 1.165) is 70.8 Å². The van der Waals surface area contributed by atoms with E-state index in [2.05, 4.69) is 70.0 Å². The first-order valence-corrected chi connectivity index (χ1v) is 18.6. The number of carbonyl (C=O) groups is 1. The second kappa shape index (κ2) is 18.5. The molecular formula is C46H46N4O5. The maximum Gasteiger partial charge on any atom is 0.319 e. The van der Waals surface area contributed by atoms with Gasteiger partial charge in [-0.15, -0.1) is 0 Å². The Bertz CT molecular complexity index is 2100. The molecule has 1 saturated heterocycles. The number of aromatic nitrogens is 1. The molecule has 7 rings (SSSR count). The Hall–Kier alpha value is -5.84. The number of ether oxygens (including phenoxy) is 3. The molecule has 5 aromatic carbocycles. The molecule has 2 amide bonds. The third-order valence-corrected chi connectivity index (χ3v) is 9.59. The summed E-state index contributed by atoms with van der Waals surface area (Å²) in [5, 5.41) is 15.4. The van der Waals surface area contributed by atoms with Crippen molar-refractivity contribution in [1.29, 1.82) is 0 Å². The zero-order valence-corrected chi connectivity index (χ0v) is 30.9. The number of anilines is 1. The van der Waals surface area contributed by atoms with Crippen LogP contribution in [0.2, 0.25) is 0 Å². The van der Waals surface area contributed by atoms with E-state index in [0.29, 0.717) is 18.0 Å². The van der Waals surface area contributed by atoms with E-state index in [-0.39, 0.29) is 24.8 Å². The largest absolute Gasteiger partial charge is 0.457 e. The number of nitrogens with zero attached hydrogens (tertiary/aromatic N) is 2. The molecular weight excluding hydrogens is 689 g/mol. The SMILES string of the molecule is CN(CCc1ccccn1)C[C@@H]1C[C@H](c2ccc(CO)cc2)O[C@H](c2ccc(-c3cccc(CNC(=O)Nc4ccc(Oc5ccccc5)cc4)c3)cc2)O1. The average Bonchev–Trinajstić information content (AvgIpc) is 3.24. The molecule has 1 aliphatic rings. The van der Waals surface area contributed by atoms with Gasteiger partial charge in [0.15, 0.2) is 6.29 Å². The Morgan fingerprint density at radius 3 is 2.27 bits per heavy atom. The number of aliphatic hydroxyl groups excluding tert-OH is 1. The Labute approximate surface area is 322 Å². The third-order valence-electron chi connectivity index (χ3n) is 9.59. The quantitative estimate of drug-likeness (QED) is 0.103. The minimum atomic E-state index is -0.541. The molecule has 1 fully saturated rings. The molecule has 280 valence electrons. The number of hydrogen-bond donors (Lipinski definition) is 3. The van der Waals surface area contributed by atoms with Gasteiger partial charge in [0.05, 0.1) is 18.8 Å². The smallest absolute Gasteiger partial charge is 0.319 e. The molecule has 55 heavy (non-hydrogen) atoms. The minimum absolute atomic E-state index is 0.00391. The number of likely N-dealkylation sites (N-methyl/N-ethyl adjacent to an activating group) is 1. The standard InChI is InChI=1S/C46H46N4O5/c1-50(27-25-39-10-5-6-26-47-39)31-43-29-44(36-15-13-33(32-51)14-16-36)55-45(54-43)37-19-17-35(18-20-37)38-9-7-8-34(28-38)30-48-46(52)49-40-21-23-42(24-22-40)53-41-11-3-2-4-12-41/h2-24,26,28,43-45,51H,25,27,29-32H2,1H3,(H2,48,49,52)/t43-,44+,45+/m0/s1. The van der Waals surface area contributed by atoms with Crippen molar-refractivity contribution in [2.45, 2.75) is 44.5 Å². The van der Waals surface area contributed by atoms with Crippen LogP contribution >= 0.6 is 0 Å². The van der Waals surface area contributed by atoms with Crippen molar-refractivity contribution in [2.24, 2.45) is 0 Å². The molecule has 6 aromatic rings. The summed E-state index contributed by atoms with van der Waals surface area (Å²) in [4.78, 5) is 19.5. The normalized spacial score (nSPS) is 16.7. The first-order chi connectivity index (χ1) is 27.0. The summed E-state index contributed by atoms with van der Waals surface area (Å²) < 4.78 is 19.1. The van der Waals surface area contributed by atoms with Crippen molar-refractivity contribution in [1.82, 2.24) is 15.2 Å². The van der Waals surface area contributed by atoms with Crippen LogP contribution in [0, 0.1) is 0 Å². The van der Waals surface area contributed by atoms with Gasteiger partial charge in [-0.2, -0.15) is 0 Å². The highest BCUT2D eigenvalue weighted by Gasteiger charge is 2.32. The number of para-hydroxylation sites is 1. The lowest BCUT2D eigenvalue weighted by Crippen LogP contribution is -2.38. The summed E-state index contributed by atoms with van der Waals surface area (Å²) >= 11 is 0. The average molecular weight is 735 g/mol. The van der Waals surface area contributed by atoms with Crippen LogP contribution in [0.5, 0.6) is 11.5 Å². The van der Waals surface area contributed by atoms with Crippen LogP contribution in [0.15, 0.2) is 152 Å². The summed E-state index contributed by atoms with van der Waals surface area (Å²) in [5.74, 6) is 1.44. The number of rotatable bonds is 14. The minimum Gasteiger partial charge on any atom is -0.457 e. The highest BCUT2D eigenvalue weighted by atomic mass is 16.7. The number of amides is 2. The number of hydrogen-bond acceptors (Lipinski definition) is 7. The van der Waals surface area contributed by atoms with Crippen LogP contribution in [-0.2, 0) is 29.0 Å². The van der Waals surface area contributed by atoms with Crippen LogP contribution in [0.1, 0.15) is 46.8 Å². The number of urea groups is 1. The Kier molecular flexibility index (Phi) is 12.6. The fourth-order valence-electron chi connectivity index (χ4n) is 6.61. The van der Waals surface area contributed by atoms with Crippen LogP contribution in [0.4, 0.5) is 10.5 Å². The fourth-order valence-corrected chi connectivity index (χ4v) is 6.61. The van der Waals surface area contributed by atoms with E-state index in [1.54, 1.807) is 0 Å². The van der Waals surface area contributed by atoms with Crippen LogP contribution in [0.3, 0.4) is 0 Å². The topological polar surface area (TPSA) is 105 Å². The summed E-state index contributed by atoms with van der Waals surface area (Å²) in [6.07, 6.45) is 2.67. The van der Waals surface area contributed by atoms with Gasteiger partial charge >= 0.3 is 6.03 Å². The molecule has 3 atom stereocenters. The van der Waals surface area contributed by atoms with E-state index < -0.39 is 6.29 Å². The maximum absolute atomic E-state index is 12.7. The molecule has 9 nitrogen and oxygen atoms in total. The predicted octanol–water partition coefficient (Wildman–Crippen LogP) is 9.07. The Morgan fingerprint density at radius 2 is 1.53 bits per heavy atom. The van der Waals surface area contributed by atoms with Gasteiger partial charge in [-0.1, -0.05) is 91.0 Å². The number of aliphatic hydroxyl groups is 1. The van der Waals surface area contributed by atoms with Gasteiger partial charge in [-0.3, -0.25) is 4.98 Å². The van der Waals surface area contributed by atoms with Crippen LogP contribution in [0.25, 0.3) is 11.1 Å². The molecule has 9 heteroatoms. The van der Waals surface area contributed by atoms with Gasteiger partial charge in [0, 0.05) is 55.6 Å². The van der Waals surface area contributed by atoms with Gasteiger partial charge in [0.2, 0.25) is 0 Å². The number of benzene rings is 5. The van der Waals surface area contributed by atoms with Crippen molar-refractivity contribution in [2.75, 3.05) is 25.5 Å². The first kappa shape index (κ1) is 37.5. The molecule has 1 aliphatic heterocycles. The summed E-state index contributed by atoms with van der Waals surface area (Å²) in [5.41, 5.74) is 7.68. The van der Waals surface area contributed by atoms with Crippen LogP contribution < -0.4 is 15.4 Å². The predicted molar refractivity (Wildman–Crippen MR) is 215 cm³/mol. The zero-order chi connectivity index (χ0) is 37.8. The zero-order valence-electron chi connectivity index (χ0n) is 30.9. The Balaban J connectivity index is 0.963. The molecule has 0 aliphatic carbocycles. The number of carbonyl (C=O) groups excluding carboxylic acids is 1.